The Morgan fingerprint density at radius 3 is 2.52 bits per heavy atom. The van der Waals surface area contributed by atoms with E-state index in [4.69, 9.17) is 4.42 Å². The van der Waals surface area contributed by atoms with Crippen LogP contribution in [0.25, 0.3) is 0 Å². The number of aryl methyl sites for hydroxylation is 3. The Hall–Kier alpha value is -2.81. The molecule has 0 saturated carbocycles. The molecule has 2 aromatic carbocycles. The molecule has 3 rings (SSSR count). The second-order valence-corrected chi connectivity index (χ2v) is 6.36. The second-order valence-electron chi connectivity index (χ2n) is 6.36. The van der Waals surface area contributed by atoms with Crippen molar-refractivity contribution in [2.45, 2.75) is 32.7 Å². The molecule has 1 aromatic heterocycles. The van der Waals surface area contributed by atoms with Crippen LogP contribution < -0.4 is 5.32 Å². The Bertz CT molecular complexity index is 822. The van der Waals surface area contributed by atoms with Gasteiger partial charge in [-0.3, -0.25) is 4.79 Å². The number of furan rings is 1. The molecular formula is C22H23NO2. The van der Waals surface area contributed by atoms with Gasteiger partial charge in [-0.15, -0.1) is 0 Å². The first-order valence-electron chi connectivity index (χ1n) is 8.57. The third kappa shape index (κ3) is 4.38. The Balaban J connectivity index is 1.68. The predicted octanol–water partition coefficient (Wildman–Crippen LogP) is 4.73. The lowest BCUT2D eigenvalue weighted by molar-refractivity contribution is -0.121. The van der Waals surface area contributed by atoms with Gasteiger partial charge in [0.2, 0.25) is 5.91 Å². The van der Waals surface area contributed by atoms with Gasteiger partial charge in [0, 0.05) is 6.42 Å². The molecule has 3 nitrogen and oxygen atoms in total. The zero-order valence-electron chi connectivity index (χ0n) is 14.7. The zero-order chi connectivity index (χ0) is 17.6. The molecule has 25 heavy (non-hydrogen) atoms. The normalized spacial score (nSPS) is 11.9. The molecule has 1 heterocycles. The van der Waals surface area contributed by atoms with Crippen molar-refractivity contribution in [2.75, 3.05) is 0 Å². The second kappa shape index (κ2) is 7.84. The zero-order valence-corrected chi connectivity index (χ0v) is 14.7. The van der Waals surface area contributed by atoms with E-state index in [1.165, 1.54) is 16.7 Å². The number of hydrogen-bond acceptors (Lipinski definition) is 2. The van der Waals surface area contributed by atoms with Crippen LogP contribution in [0.4, 0.5) is 0 Å². The minimum absolute atomic E-state index is 0.0187. The molecule has 1 atom stereocenters. The highest BCUT2D eigenvalue weighted by Crippen LogP contribution is 2.22. The van der Waals surface area contributed by atoms with E-state index >= 15 is 0 Å². The molecule has 1 amide bonds. The molecule has 0 radical (unpaired) electrons. The van der Waals surface area contributed by atoms with Gasteiger partial charge in [0.05, 0.1) is 6.26 Å². The van der Waals surface area contributed by atoms with Crippen molar-refractivity contribution in [2.24, 2.45) is 0 Å². The van der Waals surface area contributed by atoms with Crippen LogP contribution in [0.2, 0.25) is 0 Å². The van der Waals surface area contributed by atoms with Gasteiger partial charge in [0.15, 0.2) is 0 Å². The smallest absolute Gasteiger partial charge is 0.221 e. The van der Waals surface area contributed by atoms with Gasteiger partial charge < -0.3 is 9.73 Å². The van der Waals surface area contributed by atoms with Crippen molar-refractivity contribution in [3.05, 3.63) is 94.9 Å². The van der Waals surface area contributed by atoms with E-state index in [0.717, 1.165) is 17.7 Å². The Labute approximate surface area is 148 Å². The van der Waals surface area contributed by atoms with Gasteiger partial charge in [-0.2, -0.15) is 0 Å². The quantitative estimate of drug-likeness (QED) is 0.708. The van der Waals surface area contributed by atoms with Crippen LogP contribution in [0.15, 0.2) is 71.3 Å². The van der Waals surface area contributed by atoms with E-state index in [0.29, 0.717) is 6.42 Å². The van der Waals surface area contributed by atoms with Crippen LogP contribution >= 0.6 is 0 Å². The van der Waals surface area contributed by atoms with Crippen LogP contribution in [0, 0.1) is 13.8 Å². The fraction of sp³-hybridized carbons (Fsp3) is 0.227. The standard InChI is InChI=1S/C22H23NO2/c1-16-10-11-18(17(2)15-16)12-13-21(24)23-22(20-9-6-14-25-20)19-7-4-3-5-8-19/h3-11,14-15,22H,12-13H2,1-2H3,(H,23,24). The first kappa shape index (κ1) is 17.0. The molecule has 0 spiro atoms. The number of carbonyl (C=O) groups excluding carboxylic acids is 1. The number of nitrogens with one attached hydrogen (secondary N) is 1. The lowest BCUT2D eigenvalue weighted by atomic mass is 10.0. The summed E-state index contributed by atoms with van der Waals surface area (Å²) >= 11 is 0. The first-order chi connectivity index (χ1) is 12.1. The Kier molecular flexibility index (Phi) is 5.34. The van der Waals surface area contributed by atoms with Crippen LogP contribution in [-0.2, 0) is 11.2 Å². The summed E-state index contributed by atoms with van der Waals surface area (Å²) in [4.78, 5) is 12.5. The lowest BCUT2D eigenvalue weighted by Crippen LogP contribution is -2.29. The van der Waals surface area contributed by atoms with E-state index in [9.17, 15) is 4.79 Å². The minimum atomic E-state index is -0.261. The van der Waals surface area contributed by atoms with Crippen LogP contribution in [0.3, 0.4) is 0 Å². The molecule has 1 unspecified atom stereocenters. The number of rotatable bonds is 6. The molecule has 1 N–H and O–H groups in total. The first-order valence-corrected chi connectivity index (χ1v) is 8.57. The van der Waals surface area contributed by atoms with E-state index in [2.05, 4.69) is 37.4 Å². The van der Waals surface area contributed by atoms with Crippen molar-refractivity contribution < 1.29 is 9.21 Å². The van der Waals surface area contributed by atoms with Gasteiger partial charge >= 0.3 is 0 Å². The average Bonchev–Trinajstić information content (AvgIpc) is 3.14. The molecule has 3 heteroatoms. The van der Waals surface area contributed by atoms with Crippen LogP contribution in [-0.4, -0.2) is 5.91 Å². The molecule has 3 aromatic rings. The highest BCUT2D eigenvalue weighted by atomic mass is 16.3. The summed E-state index contributed by atoms with van der Waals surface area (Å²) < 4.78 is 5.53. The Morgan fingerprint density at radius 2 is 1.84 bits per heavy atom. The highest BCUT2D eigenvalue weighted by Gasteiger charge is 2.19. The van der Waals surface area contributed by atoms with Crippen molar-refractivity contribution in [3.63, 3.8) is 0 Å². The monoisotopic (exact) mass is 333 g/mol. The largest absolute Gasteiger partial charge is 0.467 e. The highest BCUT2D eigenvalue weighted by molar-refractivity contribution is 5.77. The summed E-state index contributed by atoms with van der Waals surface area (Å²) in [6.45, 7) is 4.17. The molecule has 128 valence electrons. The maximum atomic E-state index is 12.5. The number of hydrogen-bond donors (Lipinski definition) is 1. The summed E-state index contributed by atoms with van der Waals surface area (Å²) in [6, 6.07) is 19.7. The van der Waals surface area contributed by atoms with E-state index in [-0.39, 0.29) is 11.9 Å². The average molecular weight is 333 g/mol. The molecule has 0 saturated heterocycles. The molecule has 0 fully saturated rings. The molecular weight excluding hydrogens is 310 g/mol. The van der Waals surface area contributed by atoms with Crippen LogP contribution in [0.5, 0.6) is 0 Å². The van der Waals surface area contributed by atoms with Gasteiger partial charge in [-0.05, 0) is 49.1 Å². The summed E-state index contributed by atoms with van der Waals surface area (Å²) in [6.07, 6.45) is 2.82. The molecule has 0 aliphatic heterocycles. The van der Waals surface area contributed by atoms with E-state index < -0.39 is 0 Å². The van der Waals surface area contributed by atoms with Crippen molar-refractivity contribution in [1.29, 1.82) is 0 Å². The third-order valence-electron chi connectivity index (χ3n) is 4.39. The lowest BCUT2D eigenvalue weighted by Gasteiger charge is -2.17. The third-order valence-corrected chi connectivity index (χ3v) is 4.39. The fourth-order valence-electron chi connectivity index (χ4n) is 3.03. The summed E-state index contributed by atoms with van der Waals surface area (Å²) in [5.41, 5.74) is 4.71. The molecule has 0 bridgehead atoms. The van der Waals surface area contributed by atoms with Gasteiger partial charge in [0.25, 0.3) is 0 Å². The maximum Gasteiger partial charge on any atom is 0.221 e. The van der Waals surface area contributed by atoms with Crippen molar-refractivity contribution in [3.8, 4) is 0 Å². The topological polar surface area (TPSA) is 42.2 Å². The summed E-state index contributed by atoms with van der Waals surface area (Å²) in [5.74, 6) is 0.760. The van der Waals surface area contributed by atoms with Crippen LogP contribution in [0.1, 0.15) is 40.5 Å². The van der Waals surface area contributed by atoms with E-state index in [1.807, 2.05) is 42.5 Å². The summed E-state index contributed by atoms with van der Waals surface area (Å²) in [5, 5.41) is 3.10. The SMILES string of the molecule is Cc1ccc(CCC(=O)NC(c2ccccc2)c2ccco2)c(C)c1. The van der Waals surface area contributed by atoms with Gasteiger partial charge in [-0.1, -0.05) is 54.1 Å². The van der Waals surface area contributed by atoms with Crippen molar-refractivity contribution >= 4 is 5.91 Å². The number of carbonyl (C=O) groups is 1. The number of amides is 1. The molecule has 0 aliphatic rings. The fourth-order valence-corrected chi connectivity index (χ4v) is 3.03. The van der Waals surface area contributed by atoms with Crippen molar-refractivity contribution in [1.82, 2.24) is 5.32 Å². The molecule has 0 aliphatic carbocycles. The van der Waals surface area contributed by atoms with E-state index in [1.54, 1.807) is 6.26 Å². The summed E-state index contributed by atoms with van der Waals surface area (Å²) in [7, 11) is 0. The number of benzene rings is 2. The maximum absolute atomic E-state index is 12.5. The minimum Gasteiger partial charge on any atom is -0.467 e. The Morgan fingerprint density at radius 1 is 1.04 bits per heavy atom. The van der Waals surface area contributed by atoms with Gasteiger partial charge in [0.1, 0.15) is 11.8 Å². The predicted molar refractivity (Wildman–Crippen MR) is 99.4 cm³/mol. The van der Waals surface area contributed by atoms with Gasteiger partial charge in [-0.25, -0.2) is 0 Å².